The molecule has 2 N–H and O–H groups in total. The number of amides is 2. The molecular formula is C12H12N2O2S2. The average molecular weight is 280 g/mol. The highest BCUT2D eigenvalue weighted by Crippen LogP contribution is 2.36. The number of nitrogens with one attached hydrogen (secondary N) is 1. The third-order valence-corrected chi connectivity index (χ3v) is 4.34. The zero-order valence-corrected chi connectivity index (χ0v) is 11.3. The highest BCUT2D eigenvalue weighted by Gasteiger charge is 2.13. The number of nitrogens with zero attached hydrogens (tertiary/aromatic N) is 1. The second-order valence-electron chi connectivity index (χ2n) is 3.37. The Morgan fingerprint density at radius 2 is 2.00 bits per heavy atom. The predicted octanol–water partition coefficient (Wildman–Crippen LogP) is 3.43. The minimum atomic E-state index is -0.548. The molecule has 0 unspecified atom stereocenters. The Labute approximate surface area is 113 Å². The second-order valence-corrected chi connectivity index (χ2v) is 5.81. The van der Waals surface area contributed by atoms with Crippen molar-refractivity contribution in [2.75, 3.05) is 12.1 Å². The summed E-state index contributed by atoms with van der Waals surface area (Å²) in [5, 5.41) is 13.1. The summed E-state index contributed by atoms with van der Waals surface area (Å²) in [6.45, 7) is 0. The van der Waals surface area contributed by atoms with Crippen molar-refractivity contribution < 1.29 is 10.0 Å². The zero-order valence-electron chi connectivity index (χ0n) is 9.66. The monoisotopic (exact) mass is 280 g/mol. The van der Waals surface area contributed by atoms with Crippen molar-refractivity contribution in [2.24, 2.45) is 0 Å². The summed E-state index contributed by atoms with van der Waals surface area (Å²) in [6, 6.07) is 13.0. The fraction of sp³-hybridized carbons (Fsp3) is 0.0833. The maximum absolute atomic E-state index is 11.2. The van der Waals surface area contributed by atoms with Crippen molar-refractivity contribution in [3.63, 3.8) is 0 Å². The molecule has 0 radical (unpaired) electrons. The van der Waals surface area contributed by atoms with Crippen molar-refractivity contribution in [3.05, 3.63) is 42.5 Å². The van der Waals surface area contributed by atoms with Gasteiger partial charge in [0.2, 0.25) is 0 Å². The van der Waals surface area contributed by atoms with Crippen molar-refractivity contribution >= 4 is 34.1 Å². The SMILES string of the molecule is CNC(=O)N(O)c1ccc(Sc2ccccc2)s1. The van der Waals surface area contributed by atoms with E-state index in [9.17, 15) is 10.0 Å². The summed E-state index contributed by atoms with van der Waals surface area (Å²) in [4.78, 5) is 12.4. The van der Waals surface area contributed by atoms with Gasteiger partial charge < -0.3 is 5.32 Å². The van der Waals surface area contributed by atoms with E-state index in [4.69, 9.17) is 0 Å². The molecule has 2 rings (SSSR count). The number of urea groups is 1. The number of thiophene rings is 1. The van der Waals surface area contributed by atoms with Crippen molar-refractivity contribution in [1.29, 1.82) is 0 Å². The molecule has 0 fully saturated rings. The van der Waals surface area contributed by atoms with E-state index >= 15 is 0 Å². The van der Waals surface area contributed by atoms with Gasteiger partial charge in [-0.05, 0) is 24.3 Å². The molecule has 94 valence electrons. The zero-order chi connectivity index (χ0) is 13.0. The molecule has 0 aliphatic heterocycles. The topological polar surface area (TPSA) is 52.6 Å². The van der Waals surface area contributed by atoms with Gasteiger partial charge in [0.1, 0.15) is 5.00 Å². The molecule has 0 aliphatic carbocycles. The van der Waals surface area contributed by atoms with Gasteiger partial charge in [0.25, 0.3) is 0 Å². The molecule has 1 aromatic carbocycles. The van der Waals surface area contributed by atoms with Gasteiger partial charge in [-0.3, -0.25) is 5.21 Å². The van der Waals surface area contributed by atoms with Gasteiger partial charge in [0.05, 0.1) is 4.21 Å². The van der Waals surface area contributed by atoms with Crippen molar-refractivity contribution in [2.45, 2.75) is 9.10 Å². The van der Waals surface area contributed by atoms with Crippen LogP contribution in [0.4, 0.5) is 9.80 Å². The first-order valence-electron chi connectivity index (χ1n) is 5.24. The number of hydrogen-bond donors (Lipinski definition) is 2. The van der Waals surface area contributed by atoms with Gasteiger partial charge in [-0.1, -0.05) is 30.0 Å². The second kappa shape index (κ2) is 5.90. The van der Waals surface area contributed by atoms with E-state index in [1.54, 1.807) is 17.8 Å². The molecule has 0 bridgehead atoms. The number of carbonyl (C=O) groups excluding carboxylic acids is 1. The molecule has 0 atom stereocenters. The van der Waals surface area contributed by atoms with Gasteiger partial charge in [-0.15, -0.1) is 11.3 Å². The van der Waals surface area contributed by atoms with Gasteiger partial charge in [0.15, 0.2) is 0 Å². The lowest BCUT2D eigenvalue weighted by Crippen LogP contribution is -2.34. The Morgan fingerprint density at radius 1 is 1.28 bits per heavy atom. The van der Waals surface area contributed by atoms with E-state index in [0.717, 1.165) is 9.10 Å². The Bertz CT molecular complexity index is 528. The van der Waals surface area contributed by atoms with E-state index in [0.29, 0.717) is 10.1 Å². The van der Waals surface area contributed by atoms with E-state index in [-0.39, 0.29) is 0 Å². The van der Waals surface area contributed by atoms with Crippen LogP contribution in [0, 0.1) is 0 Å². The van der Waals surface area contributed by atoms with Gasteiger partial charge in [-0.2, -0.15) is 5.06 Å². The minimum absolute atomic E-state index is 0.493. The van der Waals surface area contributed by atoms with Crippen LogP contribution in [-0.2, 0) is 0 Å². The summed E-state index contributed by atoms with van der Waals surface area (Å²) >= 11 is 2.95. The number of hydrogen-bond acceptors (Lipinski definition) is 4. The average Bonchev–Trinajstić information content (AvgIpc) is 2.86. The predicted molar refractivity (Wildman–Crippen MR) is 73.6 cm³/mol. The van der Waals surface area contributed by atoms with Crippen LogP contribution in [0.3, 0.4) is 0 Å². The number of benzene rings is 1. The Balaban J connectivity index is 2.09. The number of anilines is 1. The molecule has 0 saturated carbocycles. The molecule has 6 heteroatoms. The molecule has 2 aromatic rings. The third kappa shape index (κ3) is 3.04. The highest BCUT2D eigenvalue weighted by molar-refractivity contribution is 8.01. The molecule has 0 spiro atoms. The van der Waals surface area contributed by atoms with Crippen LogP contribution in [0.1, 0.15) is 0 Å². The molecule has 0 saturated heterocycles. The summed E-state index contributed by atoms with van der Waals surface area (Å²) in [6.07, 6.45) is 0. The van der Waals surface area contributed by atoms with Gasteiger partial charge in [0, 0.05) is 11.9 Å². The largest absolute Gasteiger partial charge is 0.346 e. The lowest BCUT2D eigenvalue weighted by Gasteiger charge is -2.10. The first kappa shape index (κ1) is 12.9. The molecule has 1 heterocycles. The maximum atomic E-state index is 11.2. The van der Waals surface area contributed by atoms with E-state index in [2.05, 4.69) is 5.32 Å². The number of carbonyl (C=O) groups is 1. The molecule has 0 aliphatic rings. The van der Waals surface area contributed by atoms with Crippen molar-refractivity contribution in [3.8, 4) is 0 Å². The third-order valence-electron chi connectivity index (χ3n) is 2.14. The van der Waals surface area contributed by atoms with Crippen molar-refractivity contribution in [1.82, 2.24) is 5.32 Å². The van der Waals surface area contributed by atoms with Crippen LogP contribution in [0.25, 0.3) is 0 Å². The quantitative estimate of drug-likeness (QED) is 0.669. The lowest BCUT2D eigenvalue weighted by molar-refractivity contribution is 0.207. The van der Waals surface area contributed by atoms with Crippen LogP contribution >= 0.6 is 23.1 Å². The standard InChI is InChI=1S/C12H12N2O2S2/c1-13-12(15)14(16)10-7-8-11(18-10)17-9-5-3-2-4-6-9/h2-8,16H,1H3,(H,13,15). The lowest BCUT2D eigenvalue weighted by atomic mass is 10.4. The normalized spacial score (nSPS) is 10.1. The summed E-state index contributed by atoms with van der Waals surface area (Å²) < 4.78 is 1.01. The summed E-state index contributed by atoms with van der Waals surface area (Å²) in [7, 11) is 1.47. The molecule has 18 heavy (non-hydrogen) atoms. The highest BCUT2D eigenvalue weighted by atomic mass is 32.2. The minimum Gasteiger partial charge on any atom is -0.339 e. The fourth-order valence-electron chi connectivity index (χ4n) is 1.29. The molecule has 4 nitrogen and oxygen atoms in total. The summed E-state index contributed by atoms with van der Waals surface area (Å²) in [5.74, 6) is 0. The van der Waals surface area contributed by atoms with Crippen LogP contribution in [-0.4, -0.2) is 18.3 Å². The van der Waals surface area contributed by atoms with Crippen LogP contribution in [0.15, 0.2) is 51.6 Å². The Morgan fingerprint density at radius 3 is 2.67 bits per heavy atom. The molecular weight excluding hydrogens is 268 g/mol. The van der Waals surface area contributed by atoms with Crippen LogP contribution in [0.5, 0.6) is 0 Å². The Kier molecular flexibility index (Phi) is 4.24. The van der Waals surface area contributed by atoms with Gasteiger partial charge >= 0.3 is 6.03 Å². The van der Waals surface area contributed by atoms with E-state index in [1.165, 1.54) is 18.4 Å². The molecule has 2 amide bonds. The number of rotatable bonds is 3. The first-order chi connectivity index (χ1) is 8.70. The van der Waals surface area contributed by atoms with Crippen LogP contribution < -0.4 is 10.4 Å². The number of hydroxylamine groups is 1. The first-order valence-corrected chi connectivity index (χ1v) is 6.87. The van der Waals surface area contributed by atoms with Crippen LogP contribution in [0.2, 0.25) is 0 Å². The molecule has 1 aromatic heterocycles. The Hall–Kier alpha value is -1.50. The summed E-state index contributed by atoms with van der Waals surface area (Å²) in [5.41, 5.74) is 0. The fourth-order valence-corrected chi connectivity index (χ4v) is 3.31. The van der Waals surface area contributed by atoms with E-state index in [1.807, 2.05) is 36.4 Å². The van der Waals surface area contributed by atoms with Gasteiger partial charge in [-0.25, -0.2) is 4.79 Å². The smallest absolute Gasteiger partial charge is 0.339 e. The van der Waals surface area contributed by atoms with E-state index < -0.39 is 6.03 Å². The maximum Gasteiger partial charge on any atom is 0.346 e.